The molecule has 1 aromatic rings. The second-order valence-corrected chi connectivity index (χ2v) is 30.1. The topological polar surface area (TPSA) is 152 Å². The quantitative estimate of drug-likeness (QED) is 0.0360. The highest BCUT2D eigenvalue weighted by atomic mass is 32.2. The Morgan fingerprint density at radius 1 is 0.755 bits per heavy atom. The van der Waals surface area contributed by atoms with Crippen molar-refractivity contribution in [1.82, 2.24) is 0 Å². The smallest absolute Gasteiger partial charge is 0.350 e. The Morgan fingerprint density at radius 2 is 1.20 bits per heavy atom. The standard InChI is InChI=1S/C30H38N2O10S4Si3/c1-12-37-28(36)20(32-4)30-45-25-21(39-17(2)33)23-24(22(26(25)46-30)40-18(3)34)44-29(43-23)19(16-31)27(35)38-14-13-15-49(11,41-47(5,6)7)42-48(8,9)10/h12-15H2,1-3,5-11H3. The molecule has 0 N–H and O–H groups in total. The number of thioether (sulfide) groups is 4. The molecule has 0 bridgehead atoms. The van der Waals surface area contributed by atoms with Crippen LogP contribution in [0.25, 0.3) is 4.85 Å². The first kappa shape index (κ1) is 41.0. The highest BCUT2D eigenvalue weighted by Gasteiger charge is 2.42. The Hall–Kier alpha value is -2.47. The third kappa shape index (κ3) is 11.0. The minimum Gasteiger partial charge on any atom is -0.471 e. The Labute approximate surface area is 306 Å². The molecule has 2 heterocycles. The van der Waals surface area contributed by atoms with Gasteiger partial charge < -0.3 is 27.2 Å². The molecule has 19 heteroatoms. The van der Waals surface area contributed by atoms with E-state index in [1.165, 1.54) is 13.8 Å². The van der Waals surface area contributed by atoms with E-state index in [9.17, 15) is 24.4 Å². The van der Waals surface area contributed by atoms with Gasteiger partial charge in [0.05, 0.1) is 47.8 Å². The first-order valence-electron chi connectivity index (χ1n) is 15.0. The molecular formula is C30H38N2O10S4Si3. The molecule has 49 heavy (non-hydrogen) atoms. The zero-order chi connectivity index (χ0) is 36.9. The van der Waals surface area contributed by atoms with E-state index in [2.05, 4.69) is 44.1 Å². The molecule has 0 fully saturated rings. The number of carbonyl (C=O) groups excluding carboxylic acids is 4. The van der Waals surface area contributed by atoms with E-state index in [1.54, 1.807) is 6.92 Å². The molecule has 0 radical (unpaired) electrons. The van der Waals surface area contributed by atoms with Crippen molar-refractivity contribution in [3.05, 3.63) is 31.2 Å². The van der Waals surface area contributed by atoms with Crippen molar-refractivity contribution in [1.29, 1.82) is 5.26 Å². The predicted octanol–water partition coefficient (Wildman–Crippen LogP) is 8.03. The summed E-state index contributed by atoms with van der Waals surface area (Å²) in [6.45, 7) is 26.4. The van der Waals surface area contributed by atoms with Crippen molar-refractivity contribution in [3.63, 3.8) is 0 Å². The summed E-state index contributed by atoms with van der Waals surface area (Å²) in [4.78, 5) is 55.0. The van der Waals surface area contributed by atoms with E-state index in [0.29, 0.717) is 32.0 Å². The average molecular weight is 799 g/mol. The Bertz CT molecular complexity index is 1630. The number of nitrogens with zero attached hydrogens (tertiary/aromatic N) is 2. The summed E-state index contributed by atoms with van der Waals surface area (Å²) in [7, 11) is -6.38. The molecule has 2 aliphatic heterocycles. The predicted molar refractivity (Wildman–Crippen MR) is 196 cm³/mol. The second kappa shape index (κ2) is 16.7. The maximum atomic E-state index is 13.3. The van der Waals surface area contributed by atoms with Crippen LogP contribution in [0.2, 0.25) is 51.9 Å². The molecule has 3 rings (SSSR count). The van der Waals surface area contributed by atoms with Crippen LogP contribution in [0.4, 0.5) is 0 Å². The number of fused-ring (bicyclic) bond motifs is 2. The fourth-order valence-corrected chi connectivity index (χ4v) is 22.5. The van der Waals surface area contributed by atoms with Gasteiger partial charge in [-0.05, 0) is 65.2 Å². The average Bonchev–Trinajstić information content (AvgIpc) is 3.57. The monoisotopic (exact) mass is 798 g/mol. The summed E-state index contributed by atoms with van der Waals surface area (Å²) in [5, 5.41) is 10.1. The second-order valence-electron chi connectivity index (χ2n) is 12.6. The molecule has 0 amide bonds. The van der Waals surface area contributed by atoms with Gasteiger partial charge in [0.2, 0.25) is 0 Å². The van der Waals surface area contributed by atoms with Gasteiger partial charge in [0.25, 0.3) is 5.70 Å². The van der Waals surface area contributed by atoms with E-state index in [0.717, 1.165) is 47.0 Å². The van der Waals surface area contributed by atoms with E-state index < -0.39 is 49.1 Å². The van der Waals surface area contributed by atoms with Gasteiger partial charge in [0, 0.05) is 13.8 Å². The van der Waals surface area contributed by atoms with Crippen molar-refractivity contribution in [2.24, 2.45) is 0 Å². The van der Waals surface area contributed by atoms with E-state index in [4.69, 9.17) is 33.7 Å². The molecule has 12 nitrogen and oxygen atoms in total. The molecule has 0 saturated heterocycles. The minimum atomic E-state index is -2.56. The van der Waals surface area contributed by atoms with Gasteiger partial charge in [0.1, 0.15) is 6.07 Å². The molecule has 0 unspecified atom stereocenters. The van der Waals surface area contributed by atoms with Gasteiger partial charge in [-0.3, -0.25) is 14.4 Å². The van der Waals surface area contributed by atoms with Gasteiger partial charge in [-0.15, -0.1) is 0 Å². The molecule has 0 atom stereocenters. The van der Waals surface area contributed by atoms with E-state index in [1.807, 2.05) is 12.6 Å². The maximum absolute atomic E-state index is 13.3. The molecule has 0 spiro atoms. The lowest BCUT2D eigenvalue weighted by Gasteiger charge is -2.38. The molecule has 2 aliphatic rings. The van der Waals surface area contributed by atoms with Crippen molar-refractivity contribution in [2.75, 3.05) is 13.2 Å². The van der Waals surface area contributed by atoms with Crippen LogP contribution in [-0.4, -0.2) is 62.3 Å². The van der Waals surface area contributed by atoms with E-state index in [-0.39, 0.29) is 44.5 Å². The van der Waals surface area contributed by atoms with Crippen molar-refractivity contribution in [2.45, 2.75) is 98.6 Å². The molecule has 0 aliphatic carbocycles. The number of carbonyl (C=O) groups is 4. The maximum Gasteiger partial charge on any atom is 0.350 e. The third-order valence-electron chi connectivity index (χ3n) is 5.85. The lowest BCUT2D eigenvalue weighted by molar-refractivity contribution is -0.139. The molecule has 0 aromatic heterocycles. The summed E-state index contributed by atoms with van der Waals surface area (Å²) >= 11 is 3.98. The van der Waals surface area contributed by atoms with Gasteiger partial charge in [-0.25, -0.2) is 9.64 Å². The van der Waals surface area contributed by atoms with Crippen LogP contribution in [0.1, 0.15) is 27.2 Å². The number of esters is 4. The van der Waals surface area contributed by atoms with Crippen LogP contribution >= 0.6 is 47.0 Å². The molecule has 0 saturated carbocycles. The Balaban J connectivity index is 1.96. The number of ether oxygens (including phenoxy) is 4. The van der Waals surface area contributed by atoms with Crippen molar-refractivity contribution in [3.8, 4) is 17.6 Å². The molecular weight excluding hydrogens is 761 g/mol. The zero-order valence-electron chi connectivity index (χ0n) is 28.9. The van der Waals surface area contributed by atoms with Crippen LogP contribution in [0.5, 0.6) is 11.5 Å². The number of hydrogen-bond acceptors (Lipinski definition) is 15. The number of rotatable bonds is 13. The number of hydrogen-bond donors (Lipinski definition) is 0. The highest BCUT2D eigenvalue weighted by molar-refractivity contribution is 8.26. The first-order valence-corrected chi connectivity index (χ1v) is 27.7. The summed E-state index contributed by atoms with van der Waals surface area (Å²) in [5.74, 6) is -2.79. The fourth-order valence-electron chi connectivity index (χ4n) is 4.67. The highest BCUT2D eigenvalue weighted by Crippen LogP contribution is 2.68. The third-order valence-corrected chi connectivity index (χ3v) is 20.6. The summed E-state index contributed by atoms with van der Waals surface area (Å²) in [5.41, 5.74) is -0.530. The minimum absolute atomic E-state index is 0.0459. The largest absolute Gasteiger partial charge is 0.471 e. The van der Waals surface area contributed by atoms with Crippen molar-refractivity contribution < 1.29 is 46.4 Å². The normalized spacial score (nSPS) is 13.9. The summed E-state index contributed by atoms with van der Waals surface area (Å²) in [6.07, 6.45) is 0.487. The van der Waals surface area contributed by atoms with Crippen LogP contribution in [0.3, 0.4) is 0 Å². The number of benzene rings is 1. The van der Waals surface area contributed by atoms with Crippen LogP contribution in [0.15, 0.2) is 39.3 Å². The van der Waals surface area contributed by atoms with Crippen LogP contribution in [0, 0.1) is 17.9 Å². The van der Waals surface area contributed by atoms with Gasteiger partial charge in [-0.2, -0.15) is 5.26 Å². The van der Waals surface area contributed by atoms with Crippen LogP contribution < -0.4 is 9.47 Å². The van der Waals surface area contributed by atoms with Gasteiger partial charge >= 0.3 is 32.4 Å². The summed E-state index contributed by atoms with van der Waals surface area (Å²) in [6, 6.07) is 2.56. The van der Waals surface area contributed by atoms with Crippen molar-refractivity contribution >= 4 is 96.1 Å². The number of nitriles is 1. The van der Waals surface area contributed by atoms with Gasteiger partial charge in [0.15, 0.2) is 33.7 Å². The van der Waals surface area contributed by atoms with E-state index >= 15 is 0 Å². The SMILES string of the molecule is [C-]#[N+]C(C(=O)OCC)=C1Sc2c(OC(C)=O)c3c(c(OC(C)=O)c2S1)SC(=C(C#N)C(=O)OCCC[Si](C)(O[Si](C)(C)C)O[Si](C)(C)C)S3. The Kier molecular flexibility index (Phi) is 14.0. The summed E-state index contributed by atoms with van der Waals surface area (Å²) < 4.78 is 35.4. The van der Waals surface area contributed by atoms with Gasteiger partial charge in [-0.1, -0.05) is 47.0 Å². The molecule has 264 valence electrons. The lowest BCUT2D eigenvalue weighted by atomic mass is 10.3. The zero-order valence-corrected chi connectivity index (χ0v) is 35.2. The van der Waals surface area contributed by atoms with Crippen LogP contribution in [-0.2, 0) is 36.9 Å². The Morgan fingerprint density at radius 3 is 1.57 bits per heavy atom. The fraction of sp³-hybridized carbons (Fsp3) is 0.467. The lowest BCUT2D eigenvalue weighted by Crippen LogP contribution is -2.52. The first-order chi connectivity index (χ1) is 22.7. The molecule has 1 aromatic carbocycles.